The Hall–Kier alpha value is -2.08. The lowest BCUT2D eigenvalue weighted by atomic mass is 9.98. The first-order valence-corrected chi connectivity index (χ1v) is 7.12. The summed E-state index contributed by atoms with van der Waals surface area (Å²) < 4.78 is 14.5. The monoisotopic (exact) mass is 351 g/mol. The van der Waals surface area contributed by atoms with Gasteiger partial charge in [-0.1, -0.05) is 51.4 Å². The van der Waals surface area contributed by atoms with Crippen molar-refractivity contribution in [3.05, 3.63) is 64.4 Å². The number of anilines is 1. The highest BCUT2D eigenvalue weighted by Gasteiger charge is 2.17. The predicted octanol–water partition coefficient (Wildman–Crippen LogP) is 3.53. The summed E-state index contributed by atoms with van der Waals surface area (Å²) in [6.07, 6.45) is 0. The van der Waals surface area contributed by atoms with Gasteiger partial charge in [0.05, 0.1) is 11.6 Å². The topological polar surface area (TPSA) is 70.6 Å². The number of hydrogen-bond donors (Lipinski definition) is 3. The first kappa shape index (κ1) is 15.3. The van der Waals surface area contributed by atoms with Gasteiger partial charge in [0.15, 0.2) is 0 Å². The number of oxime groups is 1. The normalized spacial score (nSPS) is 13.0. The number of nitrogens with two attached hydrogens (primary N) is 1. The van der Waals surface area contributed by atoms with Crippen molar-refractivity contribution in [2.75, 3.05) is 11.9 Å². The lowest BCUT2D eigenvalue weighted by Gasteiger charge is -2.17. The average molecular weight is 352 g/mol. The number of hydrogen-bond acceptors (Lipinski definition) is 3. The molecule has 2 rings (SSSR count). The van der Waals surface area contributed by atoms with Gasteiger partial charge in [0, 0.05) is 11.0 Å². The van der Waals surface area contributed by atoms with Gasteiger partial charge in [-0.25, -0.2) is 4.39 Å². The molecular weight excluding hydrogens is 337 g/mol. The molecule has 21 heavy (non-hydrogen) atoms. The molecule has 2 aromatic carbocycles. The summed E-state index contributed by atoms with van der Waals surface area (Å²) >= 11 is 3.21. The van der Waals surface area contributed by atoms with Crippen LogP contribution in [0.1, 0.15) is 11.5 Å². The van der Waals surface area contributed by atoms with Crippen LogP contribution in [-0.4, -0.2) is 17.6 Å². The number of nitrogens with zero attached hydrogens (tertiary/aromatic N) is 1. The largest absolute Gasteiger partial charge is 0.409 e. The molecule has 0 radical (unpaired) electrons. The van der Waals surface area contributed by atoms with Crippen LogP contribution >= 0.6 is 15.9 Å². The molecule has 0 aliphatic carbocycles. The number of rotatable bonds is 5. The molecule has 4 nitrogen and oxygen atoms in total. The molecule has 0 aromatic heterocycles. The fourth-order valence-corrected chi connectivity index (χ4v) is 2.33. The molecule has 0 amide bonds. The Morgan fingerprint density at radius 3 is 2.62 bits per heavy atom. The Kier molecular flexibility index (Phi) is 5.16. The lowest BCUT2D eigenvalue weighted by Crippen LogP contribution is -2.28. The van der Waals surface area contributed by atoms with Crippen LogP contribution in [0, 0.1) is 5.82 Å². The van der Waals surface area contributed by atoms with Crippen LogP contribution in [0.3, 0.4) is 0 Å². The molecule has 110 valence electrons. The molecule has 1 atom stereocenters. The van der Waals surface area contributed by atoms with Crippen LogP contribution in [0.15, 0.2) is 58.2 Å². The van der Waals surface area contributed by atoms with E-state index in [9.17, 15) is 4.39 Å². The molecule has 0 heterocycles. The number of amidine groups is 1. The smallest absolute Gasteiger partial charge is 0.148 e. The van der Waals surface area contributed by atoms with Gasteiger partial charge in [-0.15, -0.1) is 0 Å². The second-order valence-corrected chi connectivity index (χ2v) is 5.41. The van der Waals surface area contributed by atoms with Gasteiger partial charge >= 0.3 is 0 Å². The van der Waals surface area contributed by atoms with E-state index >= 15 is 0 Å². The minimum absolute atomic E-state index is 0.0752. The van der Waals surface area contributed by atoms with Gasteiger partial charge in [-0.05, 0) is 23.8 Å². The van der Waals surface area contributed by atoms with E-state index in [0.717, 1.165) is 5.56 Å². The van der Waals surface area contributed by atoms with Gasteiger partial charge in [0.25, 0.3) is 0 Å². The van der Waals surface area contributed by atoms with Crippen molar-refractivity contribution in [3.8, 4) is 0 Å². The van der Waals surface area contributed by atoms with E-state index in [1.54, 1.807) is 12.1 Å². The van der Waals surface area contributed by atoms with Gasteiger partial charge in [-0.2, -0.15) is 0 Å². The summed E-state index contributed by atoms with van der Waals surface area (Å²) in [6.45, 7) is 0.318. The fourth-order valence-electron chi connectivity index (χ4n) is 1.99. The average Bonchev–Trinajstić information content (AvgIpc) is 2.50. The van der Waals surface area contributed by atoms with Crippen molar-refractivity contribution in [2.45, 2.75) is 5.92 Å². The Labute approximate surface area is 130 Å². The Balaban J connectivity index is 2.17. The molecular formula is C15H15BrFN3O. The van der Waals surface area contributed by atoms with Gasteiger partial charge < -0.3 is 16.3 Å². The molecule has 0 saturated carbocycles. The zero-order valence-corrected chi connectivity index (χ0v) is 12.7. The van der Waals surface area contributed by atoms with E-state index in [0.29, 0.717) is 16.7 Å². The highest BCUT2D eigenvalue weighted by molar-refractivity contribution is 9.10. The first-order valence-electron chi connectivity index (χ1n) is 6.33. The number of nitrogens with one attached hydrogen (secondary N) is 1. The van der Waals surface area contributed by atoms with Gasteiger partial charge in [0.1, 0.15) is 11.7 Å². The van der Waals surface area contributed by atoms with Crippen LogP contribution in [0.4, 0.5) is 10.1 Å². The minimum Gasteiger partial charge on any atom is -0.409 e. The van der Waals surface area contributed by atoms with E-state index in [1.165, 1.54) is 6.07 Å². The maximum Gasteiger partial charge on any atom is 0.148 e. The Bertz CT molecular complexity index is 634. The van der Waals surface area contributed by atoms with Gasteiger partial charge in [-0.3, -0.25) is 0 Å². The second kappa shape index (κ2) is 7.08. The maximum atomic E-state index is 13.8. The number of halogens is 2. The summed E-state index contributed by atoms with van der Waals surface area (Å²) in [5.41, 5.74) is 6.99. The van der Waals surface area contributed by atoms with Crippen molar-refractivity contribution in [3.63, 3.8) is 0 Å². The predicted molar refractivity (Wildman–Crippen MR) is 85.2 cm³/mol. The molecule has 4 N–H and O–H groups in total. The van der Waals surface area contributed by atoms with E-state index in [-0.39, 0.29) is 17.6 Å². The van der Waals surface area contributed by atoms with E-state index in [2.05, 4.69) is 26.4 Å². The first-order chi connectivity index (χ1) is 10.1. The zero-order valence-electron chi connectivity index (χ0n) is 11.1. The highest BCUT2D eigenvalue weighted by atomic mass is 79.9. The van der Waals surface area contributed by atoms with Crippen LogP contribution in [-0.2, 0) is 0 Å². The summed E-state index contributed by atoms with van der Waals surface area (Å²) in [4.78, 5) is 0. The van der Waals surface area contributed by atoms with E-state index in [4.69, 9.17) is 10.9 Å². The molecule has 6 heteroatoms. The highest BCUT2D eigenvalue weighted by Crippen LogP contribution is 2.22. The summed E-state index contributed by atoms with van der Waals surface area (Å²) in [5.74, 6) is -0.638. The summed E-state index contributed by atoms with van der Waals surface area (Å²) in [7, 11) is 0. The molecule has 0 aliphatic heterocycles. The van der Waals surface area contributed by atoms with Crippen molar-refractivity contribution in [1.29, 1.82) is 0 Å². The third kappa shape index (κ3) is 3.95. The molecule has 0 bridgehead atoms. The molecule has 0 fully saturated rings. The lowest BCUT2D eigenvalue weighted by molar-refractivity contribution is 0.316. The maximum absolute atomic E-state index is 13.8. The van der Waals surface area contributed by atoms with Gasteiger partial charge in [0.2, 0.25) is 0 Å². The number of benzene rings is 2. The zero-order chi connectivity index (χ0) is 15.2. The third-order valence-electron chi connectivity index (χ3n) is 3.10. The molecule has 2 aromatic rings. The van der Waals surface area contributed by atoms with Crippen molar-refractivity contribution in [1.82, 2.24) is 0 Å². The summed E-state index contributed by atoms with van der Waals surface area (Å²) in [5, 5.41) is 15.0. The summed E-state index contributed by atoms with van der Waals surface area (Å²) in [6, 6.07) is 14.1. The van der Waals surface area contributed by atoms with Crippen molar-refractivity contribution < 1.29 is 9.60 Å². The van der Waals surface area contributed by atoms with E-state index in [1.807, 2.05) is 30.3 Å². The van der Waals surface area contributed by atoms with Crippen LogP contribution in [0.5, 0.6) is 0 Å². The molecule has 0 saturated heterocycles. The second-order valence-electron chi connectivity index (χ2n) is 4.49. The quantitative estimate of drug-likeness (QED) is 0.334. The van der Waals surface area contributed by atoms with Crippen molar-refractivity contribution in [2.24, 2.45) is 10.9 Å². The SMILES string of the molecule is NC(=NO)C(CNc1ccc(Br)cc1F)c1ccccc1. The fraction of sp³-hybridized carbons (Fsp3) is 0.133. The van der Waals surface area contributed by atoms with Crippen LogP contribution in [0.2, 0.25) is 0 Å². The molecule has 0 aliphatic rings. The minimum atomic E-state index is -0.365. The van der Waals surface area contributed by atoms with Crippen LogP contribution < -0.4 is 11.1 Å². The molecule has 1 unspecified atom stereocenters. The standard InChI is InChI=1S/C15H15BrFN3O/c16-11-6-7-14(13(17)8-11)19-9-12(15(18)20-21)10-4-2-1-3-5-10/h1-8,12,19,21H,9H2,(H2,18,20). The van der Waals surface area contributed by atoms with Crippen LogP contribution in [0.25, 0.3) is 0 Å². The molecule has 0 spiro atoms. The Morgan fingerprint density at radius 1 is 1.29 bits per heavy atom. The van der Waals surface area contributed by atoms with E-state index < -0.39 is 0 Å². The van der Waals surface area contributed by atoms with Crippen molar-refractivity contribution >= 4 is 27.5 Å². The third-order valence-corrected chi connectivity index (χ3v) is 3.60. The Morgan fingerprint density at radius 2 is 2.00 bits per heavy atom.